The van der Waals surface area contributed by atoms with Crippen LogP contribution in [0.5, 0.6) is 0 Å². The Hall–Kier alpha value is -1.83. The fourth-order valence-electron chi connectivity index (χ4n) is 1.26. The highest BCUT2D eigenvalue weighted by Crippen LogP contribution is 2.26. The Morgan fingerprint density at radius 3 is 2.61 bits per heavy atom. The predicted molar refractivity (Wildman–Crippen MR) is 58.4 cm³/mol. The summed E-state index contributed by atoms with van der Waals surface area (Å²) in [5.41, 5.74) is 0.224. The number of anilines is 1. The maximum absolute atomic E-state index is 12.1. The van der Waals surface area contributed by atoms with Crippen molar-refractivity contribution >= 4 is 11.4 Å². The second-order valence-electron chi connectivity index (χ2n) is 3.72. The average Bonchev–Trinajstić information content (AvgIpc) is 2.25. The molecule has 8 heteroatoms. The number of aryl methyl sites for hydroxylation is 1. The first-order valence-electron chi connectivity index (χ1n) is 4.95. The molecule has 0 aliphatic rings. The van der Waals surface area contributed by atoms with Crippen molar-refractivity contribution in [1.82, 2.24) is 0 Å². The van der Waals surface area contributed by atoms with E-state index < -0.39 is 23.7 Å². The molecule has 1 aromatic carbocycles. The SMILES string of the molecule is Cc1ccc(NCC(O)C(F)(F)F)c([N+](=O)[O-])c1. The van der Waals surface area contributed by atoms with E-state index in [-0.39, 0.29) is 11.4 Å². The van der Waals surface area contributed by atoms with E-state index in [2.05, 4.69) is 5.32 Å². The number of alkyl halides is 3. The highest BCUT2D eigenvalue weighted by atomic mass is 19.4. The number of nitro groups is 1. The Morgan fingerprint density at radius 2 is 2.11 bits per heavy atom. The second-order valence-corrected chi connectivity index (χ2v) is 3.72. The zero-order chi connectivity index (χ0) is 13.9. The molecule has 0 amide bonds. The molecule has 0 saturated heterocycles. The van der Waals surface area contributed by atoms with Crippen LogP contribution in [0, 0.1) is 17.0 Å². The summed E-state index contributed by atoms with van der Waals surface area (Å²) in [6.45, 7) is 0.786. The molecule has 1 atom stereocenters. The van der Waals surface area contributed by atoms with Crippen molar-refractivity contribution in [2.24, 2.45) is 0 Å². The molecule has 18 heavy (non-hydrogen) atoms. The minimum absolute atomic E-state index is 0.0612. The number of aliphatic hydroxyl groups is 1. The fourth-order valence-corrected chi connectivity index (χ4v) is 1.26. The summed E-state index contributed by atoms with van der Waals surface area (Å²) in [5.74, 6) is 0. The first-order valence-corrected chi connectivity index (χ1v) is 4.95. The smallest absolute Gasteiger partial charge is 0.382 e. The second kappa shape index (κ2) is 5.21. The number of nitrogens with zero attached hydrogens (tertiary/aromatic N) is 1. The molecular weight excluding hydrogens is 253 g/mol. The van der Waals surface area contributed by atoms with Gasteiger partial charge in [0, 0.05) is 12.6 Å². The summed E-state index contributed by atoms with van der Waals surface area (Å²) in [4.78, 5) is 10.00. The van der Waals surface area contributed by atoms with Gasteiger partial charge in [0.2, 0.25) is 0 Å². The maximum atomic E-state index is 12.1. The van der Waals surface area contributed by atoms with E-state index in [9.17, 15) is 23.3 Å². The van der Waals surface area contributed by atoms with Crippen molar-refractivity contribution in [3.63, 3.8) is 0 Å². The van der Waals surface area contributed by atoms with Crippen LogP contribution < -0.4 is 5.32 Å². The Labute approximate surface area is 100 Å². The van der Waals surface area contributed by atoms with Gasteiger partial charge in [0.15, 0.2) is 6.10 Å². The molecule has 1 unspecified atom stereocenters. The number of benzene rings is 1. The van der Waals surface area contributed by atoms with Crippen LogP contribution in [-0.4, -0.2) is 28.9 Å². The van der Waals surface area contributed by atoms with Crippen molar-refractivity contribution < 1.29 is 23.2 Å². The molecule has 5 nitrogen and oxygen atoms in total. The molecule has 1 aromatic rings. The van der Waals surface area contributed by atoms with E-state index >= 15 is 0 Å². The number of nitro benzene ring substituents is 1. The molecule has 0 aliphatic carbocycles. The normalized spacial score (nSPS) is 13.2. The number of nitrogens with one attached hydrogen (secondary N) is 1. The molecule has 0 heterocycles. The molecule has 0 fully saturated rings. The summed E-state index contributed by atoms with van der Waals surface area (Å²) in [6.07, 6.45) is -7.33. The highest BCUT2D eigenvalue weighted by Gasteiger charge is 2.38. The van der Waals surface area contributed by atoms with Gasteiger partial charge in [-0.1, -0.05) is 6.07 Å². The zero-order valence-corrected chi connectivity index (χ0v) is 9.36. The Balaban J connectivity index is 2.82. The van der Waals surface area contributed by atoms with Gasteiger partial charge in [0.25, 0.3) is 5.69 Å². The van der Waals surface area contributed by atoms with Crippen LogP contribution in [0.3, 0.4) is 0 Å². The van der Waals surface area contributed by atoms with Gasteiger partial charge in [-0.3, -0.25) is 10.1 Å². The molecule has 0 radical (unpaired) electrons. The number of hydrogen-bond donors (Lipinski definition) is 2. The summed E-state index contributed by atoms with van der Waals surface area (Å²) in [7, 11) is 0. The van der Waals surface area contributed by atoms with Crippen LogP contribution in [0.1, 0.15) is 5.56 Å². The summed E-state index contributed by atoms with van der Waals surface area (Å²) >= 11 is 0. The van der Waals surface area contributed by atoms with Crippen LogP contribution in [0.2, 0.25) is 0 Å². The maximum Gasteiger partial charge on any atom is 0.416 e. The van der Waals surface area contributed by atoms with Crippen molar-refractivity contribution in [3.8, 4) is 0 Å². The highest BCUT2D eigenvalue weighted by molar-refractivity contribution is 5.62. The van der Waals surface area contributed by atoms with Gasteiger partial charge in [0.05, 0.1) is 4.92 Å². The van der Waals surface area contributed by atoms with Crippen LogP contribution in [0.25, 0.3) is 0 Å². The lowest BCUT2D eigenvalue weighted by Crippen LogP contribution is -2.35. The molecule has 2 N–H and O–H groups in total. The van der Waals surface area contributed by atoms with Crippen LogP contribution >= 0.6 is 0 Å². The quantitative estimate of drug-likeness (QED) is 0.646. The molecule has 0 bridgehead atoms. The third kappa shape index (κ3) is 3.59. The van der Waals surface area contributed by atoms with E-state index in [0.29, 0.717) is 5.56 Å². The molecule has 0 saturated carbocycles. The Morgan fingerprint density at radius 1 is 1.50 bits per heavy atom. The fraction of sp³-hybridized carbons (Fsp3) is 0.400. The third-order valence-corrected chi connectivity index (χ3v) is 2.21. The topological polar surface area (TPSA) is 75.4 Å². The summed E-state index contributed by atoms with van der Waals surface area (Å²) in [5, 5.41) is 21.7. The van der Waals surface area contributed by atoms with Crippen molar-refractivity contribution in [2.45, 2.75) is 19.2 Å². The van der Waals surface area contributed by atoms with Crippen LogP contribution in [0.15, 0.2) is 18.2 Å². The van der Waals surface area contributed by atoms with Crippen LogP contribution in [0.4, 0.5) is 24.5 Å². The number of aliphatic hydroxyl groups excluding tert-OH is 1. The van der Waals surface area contributed by atoms with Crippen molar-refractivity contribution in [2.75, 3.05) is 11.9 Å². The van der Waals surface area contributed by atoms with Crippen molar-refractivity contribution in [3.05, 3.63) is 33.9 Å². The first kappa shape index (κ1) is 14.2. The largest absolute Gasteiger partial charge is 0.416 e. The van der Waals surface area contributed by atoms with Crippen molar-refractivity contribution in [1.29, 1.82) is 0 Å². The van der Waals surface area contributed by atoms with Gasteiger partial charge in [-0.05, 0) is 18.6 Å². The Bertz CT molecular complexity index is 448. The number of halogens is 3. The molecule has 100 valence electrons. The lowest BCUT2D eigenvalue weighted by molar-refractivity contribution is -0.384. The zero-order valence-electron chi connectivity index (χ0n) is 9.36. The lowest BCUT2D eigenvalue weighted by atomic mass is 10.2. The number of hydrogen-bond acceptors (Lipinski definition) is 4. The summed E-state index contributed by atoms with van der Waals surface area (Å²) < 4.78 is 36.2. The lowest BCUT2D eigenvalue weighted by Gasteiger charge is -2.15. The predicted octanol–water partition coefficient (Wildman–Crippen LogP) is 2.24. The molecule has 0 aromatic heterocycles. The van der Waals surface area contributed by atoms with E-state index in [4.69, 9.17) is 5.11 Å². The van der Waals surface area contributed by atoms with E-state index in [1.54, 1.807) is 6.92 Å². The molecular formula is C10H11F3N2O3. The van der Waals surface area contributed by atoms with E-state index in [1.165, 1.54) is 18.2 Å². The van der Waals surface area contributed by atoms with Gasteiger partial charge in [-0.2, -0.15) is 13.2 Å². The summed E-state index contributed by atoms with van der Waals surface area (Å²) in [6, 6.07) is 4.06. The Kier molecular flexibility index (Phi) is 4.12. The van der Waals surface area contributed by atoms with Gasteiger partial charge in [-0.25, -0.2) is 0 Å². The molecule has 0 aliphatic heterocycles. The minimum atomic E-state index is -4.76. The molecule has 0 spiro atoms. The third-order valence-electron chi connectivity index (χ3n) is 2.21. The standard InChI is InChI=1S/C10H11F3N2O3/c1-6-2-3-7(8(4-6)15(17)18)14-5-9(16)10(11,12)13/h2-4,9,14,16H,5H2,1H3. The van der Waals surface area contributed by atoms with Gasteiger partial charge >= 0.3 is 6.18 Å². The van der Waals surface area contributed by atoms with Crippen LogP contribution in [-0.2, 0) is 0 Å². The van der Waals surface area contributed by atoms with E-state index in [0.717, 1.165) is 0 Å². The molecule has 1 rings (SSSR count). The van der Waals surface area contributed by atoms with Gasteiger partial charge in [-0.15, -0.1) is 0 Å². The first-order chi connectivity index (χ1) is 8.21. The van der Waals surface area contributed by atoms with Gasteiger partial charge < -0.3 is 10.4 Å². The monoisotopic (exact) mass is 264 g/mol. The number of rotatable bonds is 4. The van der Waals surface area contributed by atoms with Gasteiger partial charge in [0.1, 0.15) is 5.69 Å². The minimum Gasteiger partial charge on any atom is -0.382 e. The average molecular weight is 264 g/mol. The van der Waals surface area contributed by atoms with E-state index in [1.807, 2.05) is 0 Å².